The van der Waals surface area contributed by atoms with E-state index in [-0.39, 0.29) is 49.6 Å². The van der Waals surface area contributed by atoms with Crippen molar-refractivity contribution >= 4 is 81.5 Å². The summed E-state index contributed by atoms with van der Waals surface area (Å²) in [4.78, 5) is 53.4. The minimum absolute atomic E-state index is 0.00364. The molecule has 15 heteroatoms. The van der Waals surface area contributed by atoms with Crippen molar-refractivity contribution in [3.05, 3.63) is 126 Å². The lowest BCUT2D eigenvalue weighted by Gasteiger charge is -2.30. The lowest BCUT2D eigenvalue weighted by molar-refractivity contribution is -0.118. The van der Waals surface area contributed by atoms with Crippen LogP contribution in [0.1, 0.15) is 75.9 Å². The number of halogens is 4. The normalized spacial score (nSPS) is 11.5. The van der Waals surface area contributed by atoms with Crippen molar-refractivity contribution < 1.29 is 23.9 Å². The highest BCUT2D eigenvalue weighted by Crippen LogP contribution is 2.39. The molecule has 0 atom stereocenters. The van der Waals surface area contributed by atoms with Gasteiger partial charge in [0.2, 0.25) is 5.75 Å². The maximum atomic E-state index is 13.7. The Morgan fingerprint density at radius 1 is 0.750 bits per heavy atom. The number of carbonyl (C=O) groups is 3. The number of nitrogens with zero attached hydrogens (tertiary/aromatic N) is 1. The molecule has 0 saturated heterocycles. The number of aromatic amines is 1. The van der Waals surface area contributed by atoms with Crippen LogP contribution in [0.3, 0.4) is 0 Å². The molecule has 0 unspecified atom stereocenters. The first-order valence-electron chi connectivity index (χ1n) is 17.7. The van der Waals surface area contributed by atoms with Gasteiger partial charge in [0.15, 0.2) is 12.4 Å². The number of aromatic nitrogens is 2. The molecule has 4 N–H and O–H groups in total. The Hall–Kier alpha value is -4.94. The highest BCUT2D eigenvalue weighted by atomic mass is 35.5. The molecule has 56 heavy (non-hydrogen) atoms. The second kappa shape index (κ2) is 17.5. The van der Waals surface area contributed by atoms with E-state index in [1.54, 1.807) is 24.3 Å². The minimum atomic E-state index is -1.04. The molecule has 0 aliphatic carbocycles. The van der Waals surface area contributed by atoms with Crippen LogP contribution in [-0.4, -0.2) is 34.3 Å². The van der Waals surface area contributed by atoms with Gasteiger partial charge < -0.3 is 20.1 Å². The van der Waals surface area contributed by atoms with Gasteiger partial charge in [-0.05, 0) is 89.9 Å². The molecule has 3 amide bonds. The van der Waals surface area contributed by atoms with Gasteiger partial charge in [0, 0.05) is 32.5 Å². The highest BCUT2D eigenvalue weighted by Gasteiger charge is 2.28. The average Bonchev–Trinajstić information content (AvgIpc) is 3.43. The summed E-state index contributed by atoms with van der Waals surface area (Å²) in [5.41, 5.74) is 1.81. The Morgan fingerprint density at radius 3 is 2.05 bits per heavy atom. The van der Waals surface area contributed by atoms with Crippen LogP contribution in [-0.2, 0) is 15.6 Å². The van der Waals surface area contributed by atoms with Crippen LogP contribution in [0.15, 0.2) is 83.7 Å². The molecule has 0 bridgehead atoms. The van der Waals surface area contributed by atoms with Crippen LogP contribution in [0.5, 0.6) is 11.5 Å². The van der Waals surface area contributed by atoms with E-state index in [2.05, 4.69) is 68.7 Å². The lowest BCUT2D eigenvalue weighted by atomic mass is 9.76. The second-order valence-corrected chi connectivity index (χ2v) is 15.9. The van der Waals surface area contributed by atoms with Crippen molar-refractivity contribution in [3.63, 3.8) is 0 Å². The maximum Gasteiger partial charge on any atom is 0.417 e. The summed E-state index contributed by atoms with van der Waals surface area (Å²) >= 11 is 24.8. The summed E-state index contributed by atoms with van der Waals surface area (Å²) < 4.78 is 12.4. The molecule has 0 fully saturated rings. The van der Waals surface area contributed by atoms with E-state index in [1.807, 2.05) is 12.1 Å². The number of nitrogens with one attached hydrogen (secondary N) is 4. The fourth-order valence-corrected chi connectivity index (χ4v) is 6.65. The average molecular weight is 842 g/mol. The number of carbonyl (C=O) groups excluding carboxylic acids is 3. The first kappa shape index (κ1) is 42.2. The lowest BCUT2D eigenvalue weighted by Crippen LogP contribution is -2.24. The maximum absolute atomic E-state index is 13.7. The summed E-state index contributed by atoms with van der Waals surface area (Å²) in [5.74, 6) is -1.41. The minimum Gasteiger partial charge on any atom is -0.483 e. The van der Waals surface area contributed by atoms with E-state index in [9.17, 15) is 19.2 Å². The van der Waals surface area contributed by atoms with Crippen molar-refractivity contribution in [2.75, 3.05) is 22.6 Å². The molecule has 0 aliphatic heterocycles. The van der Waals surface area contributed by atoms with E-state index in [0.29, 0.717) is 22.1 Å². The summed E-state index contributed by atoms with van der Waals surface area (Å²) in [6, 6.07) is 21.1. The summed E-state index contributed by atoms with van der Waals surface area (Å²) in [7, 11) is 0. The molecule has 294 valence electrons. The molecular formula is C41H41Cl4N5O6. The Bertz CT molecular complexity index is 2310. The SMILES string of the molecule is CCC(C)(C)c1ccc(OCC(=O)Nc2cccc(C(=O)Nc3[nH]n(-c4c(Cl)cc(Cl)cc4Cl)c(=O)c3OC(=O)Nc3ccc(Cl)cc3)c2)c(C(C)(C)CC)c1. The molecular weight excluding hydrogens is 800 g/mol. The van der Waals surface area contributed by atoms with E-state index in [4.69, 9.17) is 55.9 Å². The van der Waals surface area contributed by atoms with Crippen LogP contribution in [0, 0.1) is 0 Å². The van der Waals surface area contributed by atoms with Crippen LogP contribution in [0.25, 0.3) is 5.69 Å². The predicted molar refractivity (Wildman–Crippen MR) is 224 cm³/mol. The molecule has 0 spiro atoms. The number of anilines is 3. The molecule has 1 heterocycles. The van der Waals surface area contributed by atoms with Crippen molar-refractivity contribution in [1.29, 1.82) is 0 Å². The van der Waals surface area contributed by atoms with Gasteiger partial charge in [-0.15, -0.1) is 0 Å². The van der Waals surface area contributed by atoms with Crippen molar-refractivity contribution in [2.45, 2.75) is 65.2 Å². The van der Waals surface area contributed by atoms with Crippen LogP contribution in [0.4, 0.5) is 22.0 Å². The van der Waals surface area contributed by atoms with Gasteiger partial charge in [0.25, 0.3) is 11.8 Å². The highest BCUT2D eigenvalue weighted by molar-refractivity contribution is 6.40. The van der Waals surface area contributed by atoms with Crippen molar-refractivity contribution in [3.8, 4) is 17.2 Å². The Morgan fingerprint density at radius 2 is 1.41 bits per heavy atom. The van der Waals surface area contributed by atoms with E-state index in [0.717, 1.165) is 23.1 Å². The molecule has 0 aliphatic rings. The zero-order chi connectivity index (χ0) is 40.9. The molecule has 1 aromatic heterocycles. The van der Waals surface area contributed by atoms with Gasteiger partial charge in [-0.2, -0.15) is 0 Å². The number of benzene rings is 4. The topological polar surface area (TPSA) is 144 Å². The van der Waals surface area contributed by atoms with Crippen LogP contribution >= 0.6 is 46.4 Å². The fourth-order valence-electron chi connectivity index (χ4n) is 5.54. The third kappa shape index (κ3) is 9.89. The molecule has 5 rings (SSSR count). The van der Waals surface area contributed by atoms with Crippen LogP contribution in [0.2, 0.25) is 20.1 Å². The number of rotatable bonds is 13. The third-order valence-electron chi connectivity index (χ3n) is 9.60. The predicted octanol–water partition coefficient (Wildman–Crippen LogP) is 11.0. The molecule has 0 radical (unpaired) electrons. The number of hydrogen-bond donors (Lipinski definition) is 4. The quantitative estimate of drug-likeness (QED) is 0.0929. The van der Waals surface area contributed by atoms with E-state index < -0.39 is 29.2 Å². The number of ether oxygens (including phenoxy) is 2. The molecule has 11 nitrogen and oxygen atoms in total. The molecule has 5 aromatic rings. The number of H-pyrrole nitrogens is 1. The van der Waals surface area contributed by atoms with Crippen molar-refractivity contribution in [2.24, 2.45) is 0 Å². The largest absolute Gasteiger partial charge is 0.483 e. The second-order valence-electron chi connectivity index (χ2n) is 14.3. The van der Waals surface area contributed by atoms with Gasteiger partial charge >= 0.3 is 11.7 Å². The smallest absolute Gasteiger partial charge is 0.417 e. The summed E-state index contributed by atoms with van der Waals surface area (Å²) in [6.07, 6.45) is 0.789. The first-order valence-corrected chi connectivity index (χ1v) is 19.2. The van der Waals surface area contributed by atoms with Gasteiger partial charge in [-0.1, -0.05) is 106 Å². The Labute approximate surface area is 344 Å². The van der Waals surface area contributed by atoms with Crippen molar-refractivity contribution in [1.82, 2.24) is 9.78 Å². The standard InChI is InChI=1S/C41H41Cl4N5O6/c1-7-40(3,4)24-12-17-32(29(19-24)41(5,6)8-2)55-22-33(51)46-28-11-9-10-23(18-28)37(52)48-36-35(56-39(54)47-27-15-13-25(42)14-16-27)38(53)50(49-36)34-30(44)20-26(43)21-31(34)45/h9-21,49H,7-8,22H2,1-6H3,(H,46,51)(H,47,54)(H,48,52). The monoisotopic (exact) mass is 839 g/mol. The Balaban J connectivity index is 1.36. The zero-order valence-electron chi connectivity index (χ0n) is 31.5. The van der Waals surface area contributed by atoms with Crippen LogP contribution < -0.4 is 31.0 Å². The van der Waals surface area contributed by atoms with Gasteiger partial charge in [0.1, 0.15) is 11.4 Å². The van der Waals surface area contributed by atoms with E-state index in [1.165, 1.54) is 42.0 Å². The number of hydrogen-bond acceptors (Lipinski definition) is 6. The van der Waals surface area contributed by atoms with E-state index >= 15 is 0 Å². The molecule has 0 saturated carbocycles. The van der Waals surface area contributed by atoms with Gasteiger partial charge in [0.05, 0.1) is 10.0 Å². The summed E-state index contributed by atoms with van der Waals surface area (Å²) in [6.45, 7) is 12.7. The summed E-state index contributed by atoms with van der Waals surface area (Å²) in [5, 5.41) is 11.2. The first-order chi connectivity index (χ1) is 26.4. The fraction of sp³-hybridized carbons (Fsp3) is 0.268. The third-order valence-corrected chi connectivity index (χ3v) is 10.6. The van der Waals surface area contributed by atoms with Gasteiger partial charge in [-0.25, -0.2) is 9.48 Å². The number of amides is 3. The zero-order valence-corrected chi connectivity index (χ0v) is 34.6. The van der Waals surface area contributed by atoms with Gasteiger partial charge in [-0.3, -0.25) is 24.8 Å². The Kier molecular flexibility index (Phi) is 13.2. The molecule has 4 aromatic carbocycles.